The number of hydrogen-bond donors (Lipinski definition) is 1. The minimum Gasteiger partial charge on any atom is -0.380 e. The van der Waals surface area contributed by atoms with Gasteiger partial charge in [-0.05, 0) is 24.1 Å². The zero-order valence-corrected chi connectivity index (χ0v) is 7.38. The topological polar surface area (TPSA) is 29.5 Å². The Morgan fingerprint density at radius 3 is 2.69 bits per heavy atom. The van der Waals surface area contributed by atoms with Crippen LogP contribution in [0.5, 0.6) is 0 Å². The average Bonchev–Trinajstić information content (AvgIpc) is 2.06. The Morgan fingerprint density at radius 2 is 2.15 bits per heavy atom. The lowest BCUT2D eigenvalue weighted by Crippen LogP contribution is -2.47. The van der Waals surface area contributed by atoms with Crippen molar-refractivity contribution in [3.8, 4) is 0 Å². The molecular formula is C10H11FO2. The molecule has 1 aliphatic heterocycles. The molecule has 1 N–H and O–H groups in total. The Balaban J connectivity index is 2.45. The number of benzene rings is 1. The van der Waals surface area contributed by atoms with Crippen molar-refractivity contribution in [2.45, 2.75) is 12.5 Å². The lowest BCUT2D eigenvalue weighted by atomic mass is 9.88. The maximum atomic E-state index is 13.1. The molecule has 1 saturated heterocycles. The molecule has 3 heteroatoms. The highest BCUT2D eigenvalue weighted by atomic mass is 19.1. The Morgan fingerprint density at radius 1 is 1.46 bits per heavy atom. The molecule has 1 aromatic rings. The van der Waals surface area contributed by atoms with Crippen LogP contribution in [-0.2, 0) is 10.3 Å². The van der Waals surface area contributed by atoms with Gasteiger partial charge in [-0.15, -0.1) is 0 Å². The minimum atomic E-state index is -0.966. The highest BCUT2D eigenvalue weighted by molar-refractivity contribution is 5.33. The molecule has 0 unspecified atom stereocenters. The second-order valence-electron chi connectivity index (χ2n) is 3.44. The molecule has 70 valence electrons. The molecule has 0 atom stereocenters. The molecule has 1 aromatic carbocycles. The molecule has 13 heavy (non-hydrogen) atoms. The lowest BCUT2D eigenvalue weighted by Gasteiger charge is -2.37. The van der Waals surface area contributed by atoms with Gasteiger partial charge in [0.25, 0.3) is 0 Å². The lowest BCUT2D eigenvalue weighted by molar-refractivity contribution is -0.185. The van der Waals surface area contributed by atoms with Gasteiger partial charge in [0.1, 0.15) is 11.4 Å². The van der Waals surface area contributed by atoms with E-state index in [2.05, 4.69) is 0 Å². The number of rotatable bonds is 1. The van der Waals surface area contributed by atoms with Crippen LogP contribution in [0.25, 0.3) is 0 Å². The van der Waals surface area contributed by atoms with Gasteiger partial charge < -0.3 is 9.84 Å². The van der Waals surface area contributed by atoms with Crippen LogP contribution in [0.3, 0.4) is 0 Å². The molecule has 0 aromatic heterocycles. The zero-order chi connectivity index (χ0) is 9.47. The van der Waals surface area contributed by atoms with Crippen molar-refractivity contribution < 1.29 is 14.2 Å². The first kappa shape index (κ1) is 8.66. The molecule has 0 spiro atoms. The summed E-state index contributed by atoms with van der Waals surface area (Å²) < 4.78 is 18.0. The van der Waals surface area contributed by atoms with Gasteiger partial charge in [0.2, 0.25) is 0 Å². The molecular weight excluding hydrogens is 171 g/mol. The summed E-state index contributed by atoms with van der Waals surface area (Å²) in [5.41, 5.74) is 0.179. The van der Waals surface area contributed by atoms with Gasteiger partial charge >= 0.3 is 0 Å². The van der Waals surface area contributed by atoms with E-state index in [4.69, 9.17) is 4.74 Å². The second kappa shape index (κ2) is 2.79. The average molecular weight is 182 g/mol. The van der Waals surface area contributed by atoms with Gasteiger partial charge in [0, 0.05) is 0 Å². The molecule has 2 nitrogen and oxygen atoms in total. The molecule has 0 radical (unpaired) electrons. The number of hydrogen-bond acceptors (Lipinski definition) is 2. The summed E-state index contributed by atoms with van der Waals surface area (Å²) in [5.74, 6) is -0.280. The van der Waals surface area contributed by atoms with Gasteiger partial charge in [0.15, 0.2) is 0 Å². The monoisotopic (exact) mass is 182 g/mol. The van der Waals surface area contributed by atoms with Gasteiger partial charge in [-0.1, -0.05) is 12.1 Å². The number of aliphatic hydroxyl groups is 1. The Kier molecular flexibility index (Phi) is 1.86. The van der Waals surface area contributed by atoms with Gasteiger partial charge in [-0.25, -0.2) is 4.39 Å². The van der Waals surface area contributed by atoms with Crippen LogP contribution in [0.4, 0.5) is 4.39 Å². The number of halogens is 1. The van der Waals surface area contributed by atoms with Crippen LogP contribution in [-0.4, -0.2) is 18.3 Å². The number of ether oxygens (including phenoxy) is 1. The third kappa shape index (κ3) is 1.24. The summed E-state index contributed by atoms with van der Waals surface area (Å²) in [7, 11) is 0. The van der Waals surface area contributed by atoms with Gasteiger partial charge in [-0.2, -0.15) is 0 Å². The Labute approximate surface area is 76.0 Å². The fourth-order valence-electron chi connectivity index (χ4n) is 1.56. The van der Waals surface area contributed by atoms with Crippen LogP contribution in [0.2, 0.25) is 0 Å². The molecule has 1 aliphatic rings. The predicted octanol–water partition coefficient (Wildman–Crippen LogP) is 1.35. The van der Waals surface area contributed by atoms with E-state index in [0.29, 0.717) is 11.1 Å². The first-order valence-corrected chi connectivity index (χ1v) is 4.19. The van der Waals surface area contributed by atoms with Crippen molar-refractivity contribution in [2.75, 3.05) is 13.2 Å². The van der Waals surface area contributed by atoms with E-state index < -0.39 is 5.60 Å². The van der Waals surface area contributed by atoms with Crippen LogP contribution in [0.1, 0.15) is 11.1 Å². The van der Waals surface area contributed by atoms with E-state index in [9.17, 15) is 9.50 Å². The largest absolute Gasteiger partial charge is 0.380 e. The molecule has 0 aliphatic carbocycles. The van der Waals surface area contributed by atoms with E-state index in [1.54, 1.807) is 19.1 Å². The first-order valence-electron chi connectivity index (χ1n) is 4.19. The first-order chi connectivity index (χ1) is 6.13. The third-order valence-electron chi connectivity index (χ3n) is 2.45. The van der Waals surface area contributed by atoms with E-state index in [1.807, 2.05) is 0 Å². The Hall–Kier alpha value is -0.930. The SMILES string of the molecule is Cc1c(F)cccc1C1(O)COC1. The third-order valence-corrected chi connectivity index (χ3v) is 2.45. The summed E-state index contributed by atoms with van der Waals surface area (Å²) in [6.07, 6.45) is 0. The predicted molar refractivity (Wildman–Crippen MR) is 45.9 cm³/mol. The van der Waals surface area contributed by atoms with Gasteiger partial charge in [-0.3, -0.25) is 0 Å². The molecule has 2 rings (SSSR count). The van der Waals surface area contributed by atoms with Crippen molar-refractivity contribution in [3.05, 3.63) is 35.1 Å². The molecule has 0 saturated carbocycles. The van der Waals surface area contributed by atoms with E-state index in [1.165, 1.54) is 6.07 Å². The van der Waals surface area contributed by atoms with E-state index in [0.717, 1.165) is 0 Å². The maximum absolute atomic E-state index is 13.1. The standard InChI is InChI=1S/C10H11FO2/c1-7-8(3-2-4-9(7)11)10(12)5-13-6-10/h2-4,12H,5-6H2,1H3. The van der Waals surface area contributed by atoms with Crippen molar-refractivity contribution in [1.29, 1.82) is 0 Å². The smallest absolute Gasteiger partial charge is 0.136 e. The van der Waals surface area contributed by atoms with Crippen LogP contribution in [0, 0.1) is 12.7 Å². The summed E-state index contributed by atoms with van der Waals surface area (Å²) in [6, 6.07) is 4.73. The fourth-order valence-corrected chi connectivity index (χ4v) is 1.56. The van der Waals surface area contributed by atoms with Crippen molar-refractivity contribution >= 4 is 0 Å². The summed E-state index contributed by atoms with van der Waals surface area (Å²) >= 11 is 0. The highest BCUT2D eigenvalue weighted by Crippen LogP contribution is 2.32. The van der Waals surface area contributed by atoms with E-state index in [-0.39, 0.29) is 19.0 Å². The molecule has 1 fully saturated rings. The summed E-state index contributed by atoms with van der Waals surface area (Å²) in [6.45, 7) is 2.19. The quantitative estimate of drug-likeness (QED) is 0.710. The van der Waals surface area contributed by atoms with Crippen LogP contribution < -0.4 is 0 Å². The second-order valence-corrected chi connectivity index (χ2v) is 3.44. The minimum absolute atomic E-state index is 0.261. The van der Waals surface area contributed by atoms with Crippen LogP contribution >= 0.6 is 0 Å². The van der Waals surface area contributed by atoms with Crippen molar-refractivity contribution in [1.82, 2.24) is 0 Å². The van der Waals surface area contributed by atoms with Gasteiger partial charge in [0.05, 0.1) is 13.2 Å². The molecule has 0 amide bonds. The highest BCUT2D eigenvalue weighted by Gasteiger charge is 2.39. The summed E-state index contributed by atoms with van der Waals surface area (Å²) in [5, 5.41) is 9.89. The zero-order valence-electron chi connectivity index (χ0n) is 7.38. The summed E-state index contributed by atoms with van der Waals surface area (Å²) in [4.78, 5) is 0. The fraction of sp³-hybridized carbons (Fsp3) is 0.400. The maximum Gasteiger partial charge on any atom is 0.136 e. The molecule has 0 bridgehead atoms. The molecule has 1 heterocycles. The van der Waals surface area contributed by atoms with Crippen molar-refractivity contribution in [2.24, 2.45) is 0 Å². The Bertz CT molecular complexity index is 332. The van der Waals surface area contributed by atoms with Crippen molar-refractivity contribution in [3.63, 3.8) is 0 Å². The normalized spacial score (nSPS) is 19.6. The van der Waals surface area contributed by atoms with Crippen LogP contribution in [0.15, 0.2) is 18.2 Å². The van der Waals surface area contributed by atoms with E-state index >= 15 is 0 Å².